The first-order chi connectivity index (χ1) is 5.86. The Balaban J connectivity index is 2.25. The molecule has 0 saturated heterocycles. The molecule has 12 heavy (non-hydrogen) atoms. The van der Waals surface area contributed by atoms with Crippen LogP contribution in [0, 0.1) is 11.8 Å². The molecule has 1 aliphatic rings. The number of rotatable bonds is 3. The average Bonchev–Trinajstić information content (AvgIpc) is 2.15. The van der Waals surface area contributed by atoms with E-state index in [-0.39, 0.29) is 0 Å². The Morgan fingerprint density at radius 2 is 1.92 bits per heavy atom. The summed E-state index contributed by atoms with van der Waals surface area (Å²) in [6.07, 6.45) is 11.2. The standard InChI is InChI=1S/C11H18O/c1-2-10-5-7-11(8-6-10)4-3-9-12/h3-4,9-11H,2,5-8H2,1H3/b4-3+. The van der Waals surface area contributed by atoms with Crippen LogP contribution in [-0.2, 0) is 4.79 Å². The first-order valence-corrected chi connectivity index (χ1v) is 4.98. The smallest absolute Gasteiger partial charge is 0.142 e. The van der Waals surface area contributed by atoms with Gasteiger partial charge in [0.15, 0.2) is 0 Å². The van der Waals surface area contributed by atoms with Crippen molar-refractivity contribution in [1.82, 2.24) is 0 Å². The Hall–Kier alpha value is -0.590. The molecular weight excluding hydrogens is 148 g/mol. The molecule has 0 aromatic carbocycles. The molecule has 0 amide bonds. The molecule has 68 valence electrons. The normalized spacial score (nSPS) is 30.8. The molecule has 1 saturated carbocycles. The first kappa shape index (κ1) is 9.50. The van der Waals surface area contributed by atoms with E-state index in [1.54, 1.807) is 6.08 Å². The van der Waals surface area contributed by atoms with Crippen LogP contribution in [0.15, 0.2) is 12.2 Å². The number of hydrogen-bond donors (Lipinski definition) is 0. The van der Waals surface area contributed by atoms with E-state index in [0.717, 1.165) is 12.2 Å². The molecule has 0 spiro atoms. The number of carbonyl (C=O) groups is 1. The summed E-state index contributed by atoms with van der Waals surface area (Å²) in [7, 11) is 0. The van der Waals surface area contributed by atoms with Crippen molar-refractivity contribution in [3.8, 4) is 0 Å². The second kappa shape index (κ2) is 5.13. The van der Waals surface area contributed by atoms with Crippen LogP contribution in [0.5, 0.6) is 0 Å². The SMILES string of the molecule is CCC1CCC(/C=C/C=O)CC1. The van der Waals surface area contributed by atoms with E-state index in [4.69, 9.17) is 0 Å². The third-order valence-electron chi connectivity index (χ3n) is 2.93. The van der Waals surface area contributed by atoms with Crippen molar-refractivity contribution in [3.05, 3.63) is 12.2 Å². The highest BCUT2D eigenvalue weighted by atomic mass is 16.1. The van der Waals surface area contributed by atoms with Crippen LogP contribution in [0.3, 0.4) is 0 Å². The van der Waals surface area contributed by atoms with Crippen molar-refractivity contribution in [2.45, 2.75) is 39.0 Å². The minimum atomic E-state index is 0.679. The van der Waals surface area contributed by atoms with Gasteiger partial charge in [0.05, 0.1) is 0 Å². The van der Waals surface area contributed by atoms with Crippen molar-refractivity contribution in [2.75, 3.05) is 0 Å². The Kier molecular flexibility index (Phi) is 4.06. The van der Waals surface area contributed by atoms with Crippen molar-refractivity contribution >= 4 is 6.29 Å². The summed E-state index contributed by atoms with van der Waals surface area (Å²) in [4.78, 5) is 10.1. The number of carbonyl (C=O) groups excluding carboxylic acids is 1. The van der Waals surface area contributed by atoms with Gasteiger partial charge in [0.25, 0.3) is 0 Å². The summed E-state index contributed by atoms with van der Waals surface area (Å²) in [5, 5.41) is 0. The van der Waals surface area contributed by atoms with E-state index >= 15 is 0 Å². The minimum Gasteiger partial charge on any atom is -0.299 e. The Bertz CT molecular complexity index is 152. The number of aldehydes is 1. The number of hydrogen-bond acceptors (Lipinski definition) is 1. The molecule has 0 bridgehead atoms. The summed E-state index contributed by atoms with van der Waals surface area (Å²) >= 11 is 0. The van der Waals surface area contributed by atoms with Crippen LogP contribution >= 0.6 is 0 Å². The molecule has 0 aliphatic heterocycles. The van der Waals surface area contributed by atoms with Crippen LogP contribution in [0.2, 0.25) is 0 Å². The van der Waals surface area contributed by atoms with E-state index in [1.165, 1.54) is 32.1 Å². The van der Waals surface area contributed by atoms with Crippen LogP contribution in [0.25, 0.3) is 0 Å². The molecule has 1 heteroatoms. The molecular formula is C11H18O. The van der Waals surface area contributed by atoms with Crippen LogP contribution in [-0.4, -0.2) is 6.29 Å². The van der Waals surface area contributed by atoms with Gasteiger partial charge >= 0.3 is 0 Å². The highest BCUT2D eigenvalue weighted by molar-refractivity contribution is 5.64. The van der Waals surface area contributed by atoms with E-state index in [9.17, 15) is 4.79 Å². The van der Waals surface area contributed by atoms with E-state index in [1.807, 2.05) is 0 Å². The van der Waals surface area contributed by atoms with Gasteiger partial charge in [-0.2, -0.15) is 0 Å². The van der Waals surface area contributed by atoms with Crippen molar-refractivity contribution in [3.63, 3.8) is 0 Å². The lowest BCUT2D eigenvalue weighted by atomic mass is 9.81. The maximum atomic E-state index is 10.1. The van der Waals surface area contributed by atoms with Gasteiger partial charge in [0.2, 0.25) is 0 Å². The third kappa shape index (κ3) is 2.80. The van der Waals surface area contributed by atoms with Gasteiger partial charge in [0.1, 0.15) is 6.29 Å². The molecule has 0 aromatic heterocycles. The first-order valence-electron chi connectivity index (χ1n) is 4.98. The van der Waals surface area contributed by atoms with E-state index in [2.05, 4.69) is 13.0 Å². The monoisotopic (exact) mass is 166 g/mol. The van der Waals surface area contributed by atoms with E-state index in [0.29, 0.717) is 5.92 Å². The van der Waals surface area contributed by atoms with Crippen LogP contribution in [0.4, 0.5) is 0 Å². The summed E-state index contributed by atoms with van der Waals surface area (Å²) in [6.45, 7) is 2.27. The minimum absolute atomic E-state index is 0.679. The van der Waals surface area contributed by atoms with Gasteiger partial charge < -0.3 is 0 Å². The average molecular weight is 166 g/mol. The molecule has 0 aromatic rings. The van der Waals surface area contributed by atoms with Crippen molar-refractivity contribution in [2.24, 2.45) is 11.8 Å². The molecule has 0 unspecified atom stereocenters. The Morgan fingerprint density at radius 1 is 1.25 bits per heavy atom. The van der Waals surface area contributed by atoms with Gasteiger partial charge in [-0.25, -0.2) is 0 Å². The summed E-state index contributed by atoms with van der Waals surface area (Å²) in [5.74, 6) is 1.63. The molecule has 1 aliphatic carbocycles. The zero-order chi connectivity index (χ0) is 8.81. The molecule has 1 rings (SSSR count). The molecule has 0 atom stereocenters. The summed E-state index contributed by atoms with van der Waals surface area (Å²) < 4.78 is 0. The summed E-state index contributed by atoms with van der Waals surface area (Å²) in [6, 6.07) is 0. The highest BCUT2D eigenvalue weighted by Gasteiger charge is 2.17. The van der Waals surface area contributed by atoms with Gasteiger partial charge in [-0.05, 0) is 43.6 Å². The van der Waals surface area contributed by atoms with Crippen LogP contribution in [0.1, 0.15) is 39.0 Å². The maximum Gasteiger partial charge on any atom is 0.142 e. The lowest BCUT2D eigenvalue weighted by Crippen LogP contribution is -2.12. The zero-order valence-electron chi connectivity index (χ0n) is 7.83. The van der Waals surface area contributed by atoms with Crippen molar-refractivity contribution < 1.29 is 4.79 Å². The van der Waals surface area contributed by atoms with Gasteiger partial charge in [0, 0.05) is 0 Å². The topological polar surface area (TPSA) is 17.1 Å². The number of allylic oxidation sites excluding steroid dienone is 2. The maximum absolute atomic E-state index is 10.1. The van der Waals surface area contributed by atoms with Gasteiger partial charge in [-0.3, -0.25) is 4.79 Å². The fourth-order valence-corrected chi connectivity index (χ4v) is 1.99. The fraction of sp³-hybridized carbons (Fsp3) is 0.727. The predicted octanol–water partition coefficient (Wildman–Crippen LogP) is 2.96. The zero-order valence-corrected chi connectivity index (χ0v) is 7.83. The lowest BCUT2D eigenvalue weighted by Gasteiger charge is -2.25. The lowest BCUT2D eigenvalue weighted by molar-refractivity contribution is -0.104. The molecule has 0 radical (unpaired) electrons. The predicted molar refractivity (Wildman–Crippen MR) is 50.9 cm³/mol. The molecule has 1 fully saturated rings. The van der Waals surface area contributed by atoms with Gasteiger partial charge in [-0.15, -0.1) is 0 Å². The third-order valence-corrected chi connectivity index (χ3v) is 2.93. The second-order valence-electron chi connectivity index (χ2n) is 3.71. The highest BCUT2D eigenvalue weighted by Crippen LogP contribution is 2.30. The Morgan fingerprint density at radius 3 is 2.42 bits per heavy atom. The summed E-state index contributed by atoms with van der Waals surface area (Å²) in [5.41, 5.74) is 0. The second-order valence-corrected chi connectivity index (χ2v) is 3.71. The van der Waals surface area contributed by atoms with E-state index < -0.39 is 0 Å². The quantitative estimate of drug-likeness (QED) is 0.465. The molecule has 0 heterocycles. The Labute approximate surface area is 74.9 Å². The van der Waals surface area contributed by atoms with Crippen LogP contribution < -0.4 is 0 Å². The van der Waals surface area contributed by atoms with Gasteiger partial charge in [-0.1, -0.05) is 19.4 Å². The molecule has 0 N–H and O–H groups in total. The van der Waals surface area contributed by atoms with Crippen molar-refractivity contribution in [1.29, 1.82) is 0 Å². The largest absolute Gasteiger partial charge is 0.299 e. The molecule has 1 nitrogen and oxygen atoms in total. The fourth-order valence-electron chi connectivity index (χ4n) is 1.99.